The zero-order valence-electron chi connectivity index (χ0n) is 12.0. The molecule has 1 aromatic rings. The van der Waals surface area contributed by atoms with Gasteiger partial charge in [-0.15, -0.1) is 0 Å². The second kappa shape index (κ2) is 9.67. The summed E-state index contributed by atoms with van der Waals surface area (Å²) < 4.78 is 7.02. The maximum Gasteiger partial charge on any atom is 0.125 e. The van der Waals surface area contributed by atoms with E-state index in [9.17, 15) is 0 Å². The highest BCUT2D eigenvalue weighted by atomic mass is 79.9. The molecule has 2 nitrogen and oxygen atoms in total. The molecule has 0 saturated heterocycles. The highest BCUT2D eigenvalue weighted by molar-refractivity contribution is 9.10. The van der Waals surface area contributed by atoms with E-state index in [0.717, 1.165) is 29.8 Å². The van der Waals surface area contributed by atoms with Crippen molar-refractivity contribution in [3.63, 3.8) is 0 Å². The molecule has 0 spiro atoms. The molecule has 1 atom stereocenters. The number of halogens is 1. The van der Waals surface area contributed by atoms with Crippen LogP contribution in [-0.4, -0.2) is 24.7 Å². The van der Waals surface area contributed by atoms with E-state index in [0.29, 0.717) is 6.04 Å². The minimum atomic E-state index is 0.318. The average molecular weight is 346 g/mol. The van der Waals surface area contributed by atoms with E-state index in [4.69, 9.17) is 4.74 Å². The lowest BCUT2D eigenvalue weighted by Gasteiger charge is -2.18. The second-order valence-electron chi connectivity index (χ2n) is 4.36. The van der Waals surface area contributed by atoms with Crippen molar-refractivity contribution in [3.05, 3.63) is 28.2 Å². The molecule has 0 fully saturated rings. The van der Waals surface area contributed by atoms with Crippen LogP contribution in [-0.2, 0) is 0 Å². The Balaban J connectivity index is 2.61. The first-order valence-electron chi connectivity index (χ1n) is 6.92. The van der Waals surface area contributed by atoms with Crippen molar-refractivity contribution in [2.75, 3.05) is 24.7 Å². The Morgan fingerprint density at radius 3 is 2.84 bits per heavy atom. The normalized spacial score (nSPS) is 12.4. The molecule has 108 valence electrons. The van der Waals surface area contributed by atoms with Crippen LogP contribution in [0.2, 0.25) is 0 Å². The summed E-state index contributed by atoms with van der Waals surface area (Å²) in [5.74, 6) is 3.34. The van der Waals surface area contributed by atoms with Gasteiger partial charge in [-0.3, -0.25) is 0 Å². The number of thioether (sulfide) groups is 1. The lowest BCUT2D eigenvalue weighted by atomic mass is 10.1. The van der Waals surface area contributed by atoms with E-state index in [-0.39, 0.29) is 0 Å². The monoisotopic (exact) mass is 345 g/mol. The molecule has 1 unspecified atom stereocenters. The van der Waals surface area contributed by atoms with Gasteiger partial charge in [-0.1, -0.05) is 35.8 Å². The molecule has 0 saturated carbocycles. The van der Waals surface area contributed by atoms with E-state index in [2.05, 4.69) is 60.2 Å². The topological polar surface area (TPSA) is 21.3 Å². The predicted molar refractivity (Wildman–Crippen MR) is 89.3 cm³/mol. The Bertz CT molecular complexity index is 373. The maximum atomic E-state index is 5.95. The van der Waals surface area contributed by atoms with Gasteiger partial charge in [0, 0.05) is 16.1 Å². The first-order chi connectivity index (χ1) is 9.19. The first kappa shape index (κ1) is 16.9. The predicted octanol–water partition coefficient (Wildman–Crippen LogP) is 4.64. The summed E-state index contributed by atoms with van der Waals surface area (Å²) in [6.07, 6.45) is 1.10. The molecule has 1 rings (SSSR count). The summed E-state index contributed by atoms with van der Waals surface area (Å²) >= 11 is 5.48. The minimum Gasteiger partial charge on any atom is -0.493 e. The van der Waals surface area contributed by atoms with Crippen LogP contribution in [0.25, 0.3) is 0 Å². The average Bonchev–Trinajstić information content (AvgIpc) is 2.39. The molecule has 0 aromatic heterocycles. The fraction of sp³-hybridized carbons (Fsp3) is 0.600. The van der Waals surface area contributed by atoms with Gasteiger partial charge in [-0.25, -0.2) is 0 Å². The van der Waals surface area contributed by atoms with Crippen molar-refractivity contribution < 1.29 is 4.74 Å². The number of rotatable bonds is 9. The van der Waals surface area contributed by atoms with Gasteiger partial charge in [0.15, 0.2) is 0 Å². The van der Waals surface area contributed by atoms with Crippen molar-refractivity contribution in [2.45, 2.75) is 33.2 Å². The fourth-order valence-electron chi connectivity index (χ4n) is 1.89. The molecular weight excluding hydrogens is 322 g/mol. The Morgan fingerprint density at radius 1 is 1.37 bits per heavy atom. The van der Waals surface area contributed by atoms with Crippen LogP contribution in [0.5, 0.6) is 5.75 Å². The summed E-state index contributed by atoms with van der Waals surface area (Å²) in [5, 5.41) is 3.43. The molecular formula is C15H24BrNOS. The zero-order valence-corrected chi connectivity index (χ0v) is 14.4. The number of hydrogen-bond donors (Lipinski definition) is 1. The van der Waals surface area contributed by atoms with E-state index >= 15 is 0 Å². The molecule has 0 bridgehead atoms. The molecule has 0 aliphatic rings. The van der Waals surface area contributed by atoms with Gasteiger partial charge in [0.2, 0.25) is 0 Å². The second-order valence-corrected chi connectivity index (χ2v) is 6.67. The smallest absolute Gasteiger partial charge is 0.125 e. The largest absolute Gasteiger partial charge is 0.493 e. The van der Waals surface area contributed by atoms with E-state index < -0.39 is 0 Å². The van der Waals surface area contributed by atoms with Crippen LogP contribution in [0.15, 0.2) is 22.7 Å². The van der Waals surface area contributed by atoms with Crippen LogP contribution >= 0.6 is 27.7 Å². The Morgan fingerprint density at radius 2 is 2.16 bits per heavy atom. The Kier molecular flexibility index (Phi) is 8.58. The SMILES string of the molecule is CCNC(C)c1ccc(Br)cc1OCCCSCC. The van der Waals surface area contributed by atoms with Crippen LogP contribution in [0.4, 0.5) is 0 Å². The quantitative estimate of drug-likeness (QED) is 0.658. The number of ether oxygens (including phenoxy) is 1. The van der Waals surface area contributed by atoms with Gasteiger partial charge in [0.05, 0.1) is 6.61 Å². The molecule has 0 heterocycles. The third kappa shape index (κ3) is 6.19. The summed E-state index contributed by atoms with van der Waals surface area (Å²) in [7, 11) is 0. The summed E-state index contributed by atoms with van der Waals surface area (Å²) in [5.41, 5.74) is 1.23. The molecule has 0 radical (unpaired) electrons. The lowest BCUT2D eigenvalue weighted by molar-refractivity contribution is 0.312. The molecule has 0 amide bonds. The third-order valence-electron chi connectivity index (χ3n) is 2.85. The molecule has 4 heteroatoms. The first-order valence-corrected chi connectivity index (χ1v) is 8.87. The number of nitrogens with one attached hydrogen (secondary N) is 1. The van der Waals surface area contributed by atoms with Crippen molar-refractivity contribution in [1.82, 2.24) is 5.32 Å². The van der Waals surface area contributed by atoms with Gasteiger partial charge < -0.3 is 10.1 Å². The zero-order chi connectivity index (χ0) is 14.1. The lowest BCUT2D eigenvalue weighted by Crippen LogP contribution is -2.18. The number of benzene rings is 1. The van der Waals surface area contributed by atoms with Crippen LogP contribution in [0.3, 0.4) is 0 Å². The van der Waals surface area contributed by atoms with Gasteiger partial charge >= 0.3 is 0 Å². The molecule has 0 aliphatic heterocycles. The molecule has 0 aliphatic carbocycles. The number of hydrogen-bond acceptors (Lipinski definition) is 3. The van der Waals surface area contributed by atoms with Crippen molar-refractivity contribution >= 4 is 27.7 Å². The minimum absolute atomic E-state index is 0.318. The van der Waals surface area contributed by atoms with E-state index in [1.165, 1.54) is 17.1 Å². The summed E-state index contributed by atoms with van der Waals surface area (Å²) in [6, 6.07) is 6.59. The van der Waals surface area contributed by atoms with Crippen molar-refractivity contribution in [3.8, 4) is 5.75 Å². The standard InChI is InChI=1S/C15H24BrNOS/c1-4-17-12(3)14-8-7-13(16)11-15(14)18-9-6-10-19-5-2/h7-8,11-12,17H,4-6,9-10H2,1-3H3. The van der Waals surface area contributed by atoms with Gasteiger partial charge in [-0.05, 0) is 43.5 Å². The molecule has 19 heavy (non-hydrogen) atoms. The highest BCUT2D eigenvalue weighted by Gasteiger charge is 2.11. The van der Waals surface area contributed by atoms with E-state index in [1.807, 2.05) is 11.8 Å². The maximum absolute atomic E-state index is 5.95. The third-order valence-corrected chi connectivity index (χ3v) is 4.33. The highest BCUT2D eigenvalue weighted by Crippen LogP contribution is 2.28. The van der Waals surface area contributed by atoms with Crippen LogP contribution in [0.1, 0.15) is 38.8 Å². The summed E-state index contributed by atoms with van der Waals surface area (Å²) in [4.78, 5) is 0. The Labute approximate surface area is 129 Å². The van der Waals surface area contributed by atoms with Crippen LogP contribution < -0.4 is 10.1 Å². The van der Waals surface area contributed by atoms with E-state index in [1.54, 1.807) is 0 Å². The molecule has 1 aromatic carbocycles. The van der Waals surface area contributed by atoms with Gasteiger partial charge in [0.25, 0.3) is 0 Å². The Hall–Kier alpha value is -0.190. The van der Waals surface area contributed by atoms with Crippen molar-refractivity contribution in [2.24, 2.45) is 0 Å². The van der Waals surface area contributed by atoms with Gasteiger partial charge in [-0.2, -0.15) is 11.8 Å². The van der Waals surface area contributed by atoms with Crippen LogP contribution in [0, 0.1) is 0 Å². The molecule has 1 N–H and O–H groups in total. The van der Waals surface area contributed by atoms with Gasteiger partial charge in [0.1, 0.15) is 5.75 Å². The van der Waals surface area contributed by atoms with Crippen molar-refractivity contribution in [1.29, 1.82) is 0 Å². The fourth-order valence-corrected chi connectivity index (χ4v) is 2.85. The summed E-state index contributed by atoms with van der Waals surface area (Å²) in [6.45, 7) is 8.24.